The summed E-state index contributed by atoms with van der Waals surface area (Å²) in [6, 6.07) is 2.44. The SMILES string of the molecule is COc1cc(O)cc(C)c1C(=O)O[C@@H]1[C@@H](O)[C@H](O)[C@@H](OC2[C@@H](O)[C@H](O)C(O)[C@H](O)[C@H]2O)O[C@H]1CO. The number of aryl methyl sites for hydroxylation is 1. The quantitative estimate of drug-likeness (QED) is 0.167. The van der Waals surface area contributed by atoms with Gasteiger partial charge in [0.1, 0.15) is 72.0 Å². The summed E-state index contributed by atoms with van der Waals surface area (Å²) in [7, 11) is 1.26. The summed E-state index contributed by atoms with van der Waals surface area (Å²) in [5.41, 5.74) is 0.192. The van der Waals surface area contributed by atoms with Crippen LogP contribution in [0.25, 0.3) is 0 Å². The Labute approximate surface area is 199 Å². The lowest BCUT2D eigenvalue weighted by Crippen LogP contribution is -2.67. The fraction of sp³-hybridized carbons (Fsp3) is 0.667. The van der Waals surface area contributed by atoms with Crippen molar-refractivity contribution in [2.45, 2.75) is 74.3 Å². The Morgan fingerprint density at radius 2 is 1.43 bits per heavy atom. The largest absolute Gasteiger partial charge is 0.508 e. The van der Waals surface area contributed by atoms with Gasteiger partial charge in [-0.2, -0.15) is 0 Å². The number of hydrogen-bond acceptors (Lipinski definition) is 14. The molecule has 35 heavy (non-hydrogen) atoms. The smallest absolute Gasteiger partial charge is 0.342 e. The van der Waals surface area contributed by atoms with E-state index in [-0.39, 0.29) is 22.6 Å². The topological polar surface area (TPSA) is 236 Å². The molecule has 2 aliphatic rings. The monoisotopic (exact) mass is 506 g/mol. The summed E-state index contributed by atoms with van der Waals surface area (Å²) in [6.45, 7) is 0.669. The van der Waals surface area contributed by atoms with Gasteiger partial charge in [-0.1, -0.05) is 0 Å². The van der Waals surface area contributed by atoms with E-state index in [1.165, 1.54) is 26.2 Å². The number of aliphatic hydroxyl groups excluding tert-OH is 8. The predicted molar refractivity (Wildman–Crippen MR) is 111 cm³/mol. The van der Waals surface area contributed by atoms with Crippen LogP contribution in [0, 0.1) is 6.92 Å². The number of esters is 1. The second kappa shape index (κ2) is 10.9. The first-order valence-corrected chi connectivity index (χ1v) is 10.7. The van der Waals surface area contributed by atoms with Crippen LogP contribution < -0.4 is 4.74 Å². The number of carbonyl (C=O) groups is 1. The molecule has 1 aliphatic carbocycles. The zero-order valence-electron chi connectivity index (χ0n) is 18.8. The van der Waals surface area contributed by atoms with Crippen LogP contribution in [0.15, 0.2) is 12.1 Å². The van der Waals surface area contributed by atoms with Crippen LogP contribution in [-0.4, -0.2) is 133 Å². The van der Waals surface area contributed by atoms with Gasteiger partial charge in [-0.05, 0) is 18.6 Å². The summed E-state index contributed by atoms with van der Waals surface area (Å²) in [6.07, 6.45) is -20.0. The predicted octanol–water partition coefficient (Wildman–Crippen LogP) is -4.12. The number of ether oxygens (including phenoxy) is 4. The minimum Gasteiger partial charge on any atom is -0.508 e. The molecule has 9 N–H and O–H groups in total. The van der Waals surface area contributed by atoms with Gasteiger partial charge in [0, 0.05) is 6.07 Å². The van der Waals surface area contributed by atoms with Gasteiger partial charge in [-0.3, -0.25) is 0 Å². The molecular weight excluding hydrogens is 476 g/mol. The highest BCUT2D eigenvalue weighted by molar-refractivity contribution is 5.94. The Hall–Kier alpha value is -2.11. The molecule has 14 nitrogen and oxygen atoms in total. The highest BCUT2D eigenvalue weighted by atomic mass is 16.7. The lowest BCUT2D eigenvalue weighted by atomic mass is 9.84. The molecular formula is C21H30O14. The number of rotatable bonds is 6. The second-order valence-corrected chi connectivity index (χ2v) is 8.47. The van der Waals surface area contributed by atoms with E-state index in [4.69, 9.17) is 18.9 Å². The number of phenols is 1. The number of benzene rings is 1. The lowest BCUT2D eigenvalue weighted by Gasteiger charge is -2.46. The molecule has 1 saturated heterocycles. The maximum absolute atomic E-state index is 12.8. The molecule has 198 valence electrons. The number of phenolic OH excluding ortho intramolecular Hbond substituents is 1. The molecule has 0 amide bonds. The van der Waals surface area contributed by atoms with E-state index in [1.807, 2.05) is 0 Å². The molecule has 11 atom stereocenters. The zero-order valence-corrected chi connectivity index (χ0v) is 18.8. The Balaban J connectivity index is 1.78. The van der Waals surface area contributed by atoms with Crippen molar-refractivity contribution in [1.82, 2.24) is 0 Å². The first kappa shape index (κ1) is 27.5. The third-order valence-corrected chi connectivity index (χ3v) is 6.14. The van der Waals surface area contributed by atoms with Gasteiger partial charge in [-0.25, -0.2) is 4.79 Å². The van der Waals surface area contributed by atoms with E-state index in [0.29, 0.717) is 0 Å². The van der Waals surface area contributed by atoms with Crippen molar-refractivity contribution in [3.05, 3.63) is 23.3 Å². The second-order valence-electron chi connectivity index (χ2n) is 8.47. The van der Waals surface area contributed by atoms with Gasteiger partial charge >= 0.3 is 5.97 Å². The van der Waals surface area contributed by atoms with Crippen LogP contribution >= 0.6 is 0 Å². The number of hydrogen-bond donors (Lipinski definition) is 9. The molecule has 1 heterocycles. The molecule has 0 radical (unpaired) electrons. The minimum atomic E-state index is -1.95. The van der Waals surface area contributed by atoms with Crippen molar-refractivity contribution in [3.63, 3.8) is 0 Å². The first-order chi connectivity index (χ1) is 16.4. The maximum atomic E-state index is 12.8. The van der Waals surface area contributed by atoms with Gasteiger partial charge in [0.25, 0.3) is 0 Å². The van der Waals surface area contributed by atoms with Crippen LogP contribution in [0.5, 0.6) is 11.5 Å². The number of carbonyl (C=O) groups excluding carboxylic acids is 1. The molecule has 0 bridgehead atoms. The minimum absolute atomic E-state index is 0.0272. The summed E-state index contributed by atoms with van der Waals surface area (Å²) in [4.78, 5) is 12.8. The fourth-order valence-corrected chi connectivity index (χ4v) is 4.16. The average Bonchev–Trinajstić information content (AvgIpc) is 2.82. The van der Waals surface area contributed by atoms with Gasteiger partial charge in [-0.15, -0.1) is 0 Å². The number of aromatic hydroxyl groups is 1. The molecule has 1 aromatic carbocycles. The Kier molecular flexibility index (Phi) is 8.54. The van der Waals surface area contributed by atoms with E-state index >= 15 is 0 Å². The third-order valence-electron chi connectivity index (χ3n) is 6.14. The molecule has 0 aromatic heterocycles. The van der Waals surface area contributed by atoms with E-state index in [0.717, 1.165) is 0 Å². The van der Waals surface area contributed by atoms with E-state index in [1.54, 1.807) is 0 Å². The highest BCUT2D eigenvalue weighted by Crippen LogP contribution is 2.32. The third kappa shape index (κ3) is 5.22. The van der Waals surface area contributed by atoms with Crippen LogP contribution in [0.4, 0.5) is 0 Å². The van der Waals surface area contributed by atoms with Crippen LogP contribution in [-0.2, 0) is 14.2 Å². The fourth-order valence-electron chi connectivity index (χ4n) is 4.16. The summed E-state index contributed by atoms with van der Waals surface area (Å²) >= 11 is 0. The van der Waals surface area contributed by atoms with Crippen molar-refractivity contribution in [3.8, 4) is 11.5 Å². The molecule has 2 unspecified atom stereocenters. The maximum Gasteiger partial charge on any atom is 0.342 e. The Bertz CT molecular complexity index is 877. The summed E-state index contributed by atoms with van der Waals surface area (Å²) in [5, 5.41) is 90.3. The van der Waals surface area contributed by atoms with E-state index in [9.17, 15) is 50.8 Å². The molecule has 0 spiro atoms. The van der Waals surface area contributed by atoms with Crippen molar-refractivity contribution in [1.29, 1.82) is 0 Å². The molecule has 2 fully saturated rings. The normalized spacial score (nSPS) is 39.8. The lowest BCUT2D eigenvalue weighted by molar-refractivity contribution is -0.338. The van der Waals surface area contributed by atoms with Crippen molar-refractivity contribution in [2.75, 3.05) is 13.7 Å². The first-order valence-electron chi connectivity index (χ1n) is 10.7. The Morgan fingerprint density at radius 3 is 1.97 bits per heavy atom. The molecule has 1 saturated carbocycles. The molecule has 14 heteroatoms. The van der Waals surface area contributed by atoms with Crippen molar-refractivity contribution >= 4 is 5.97 Å². The molecule has 3 rings (SSSR count). The summed E-state index contributed by atoms with van der Waals surface area (Å²) in [5.74, 6) is -1.22. The van der Waals surface area contributed by atoms with Crippen molar-refractivity contribution in [2.24, 2.45) is 0 Å². The van der Waals surface area contributed by atoms with Gasteiger partial charge in [0.15, 0.2) is 12.4 Å². The van der Waals surface area contributed by atoms with Gasteiger partial charge in [0.2, 0.25) is 0 Å². The Morgan fingerprint density at radius 1 is 0.886 bits per heavy atom. The molecule has 1 aliphatic heterocycles. The molecule has 1 aromatic rings. The van der Waals surface area contributed by atoms with Gasteiger partial charge < -0.3 is 64.9 Å². The summed E-state index contributed by atoms with van der Waals surface area (Å²) < 4.78 is 21.1. The number of aliphatic hydroxyl groups is 8. The standard InChI is InChI=1S/C21H30O14/c1-6-3-7(23)4-8(32-2)10(6)20(31)34-18-9(5-22)33-21(17(30)16(18)29)35-19-14(27)12(25)11(24)13(26)15(19)28/h3-4,9,11-19,21-30H,5H2,1-2H3/t9-,11?,12-,13+,14+,15-,16-,17-,18-,19?,21+/m0/s1. The van der Waals surface area contributed by atoms with Crippen LogP contribution in [0.3, 0.4) is 0 Å². The van der Waals surface area contributed by atoms with E-state index in [2.05, 4.69) is 0 Å². The van der Waals surface area contributed by atoms with E-state index < -0.39 is 79.9 Å². The van der Waals surface area contributed by atoms with Crippen molar-refractivity contribution < 1.29 is 69.7 Å². The number of methoxy groups -OCH3 is 1. The van der Waals surface area contributed by atoms with Crippen LogP contribution in [0.1, 0.15) is 15.9 Å². The average molecular weight is 506 g/mol. The highest BCUT2D eigenvalue weighted by Gasteiger charge is 2.53. The zero-order chi connectivity index (χ0) is 26.2. The van der Waals surface area contributed by atoms with Gasteiger partial charge in [0.05, 0.1) is 13.7 Å². The van der Waals surface area contributed by atoms with Crippen LogP contribution in [0.2, 0.25) is 0 Å².